The minimum Gasteiger partial charge on any atom is -0.329 e. The van der Waals surface area contributed by atoms with Gasteiger partial charge >= 0.3 is 0 Å². The lowest BCUT2D eigenvalue weighted by molar-refractivity contribution is 0.614. The Kier molecular flexibility index (Phi) is 3.90. The van der Waals surface area contributed by atoms with Gasteiger partial charge in [-0.2, -0.15) is 0 Å². The molecule has 1 aliphatic carbocycles. The number of hydrogen-bond donors (Lipinski definition) is 0. The Morgan fingerprint density at radius 3 is 2.43 bits per heavy atom. The normalized spacial score (nSPS) is 29.4. The maximum Gasteiger partial charge on any atom is 0.132 e. The van der Waals surface area contributed by atoms with Crippen molar-refractivity contribution in [2.24, 2.45) is 0 Å². The summed E-state index contributed by atoms with van der Waals surface area (Å²) in [6, 6.07) is 0. The molecule has 0 heterocycles. The Morgan fingerprint density at radius 1 is 1.07 bits per heavy atom. The fourth-order valence-electron chi connectivity index (χ4n) is 1.48. The van der Waals surface area contributed by atoms with Crippen molar-refractivity contribution in [3.63, 3.8) is 0 Å². The van der Waals surface area contributed by atoms with Crippen molar-refractivity contribution in [1.82, 2.24) is 4.57 Å². The molecule has 0 spiro atoms. The van der Waals surface area contributed by atoms with Crippen LogP contribution < -0.4 is 0 Å². The maximum atomic E-state index is 2.41. The van der Waals surface area contributed by atoms with Gasteiger partial charge in [0.2, 0.25) is 0 Å². The van der Waals surface area contributed by atoms with Crippen molar-refractivity contribution < 1.29 is 0 Å². The molecule has 0 aromatic heterocycles. The molecular weight excluding hydrogens is 186 g/mol. The molecule has 0 bridgehead atoms. The van der Waals surface area contributed by atoms with Gasteiger partial charge < -0.3 is 4.57 Å². The maximum absolute atomic E-state index is 2.41. The quantitative estimate of drug-likeness (QED) is 0.496. The summed E-state index contributed by atoms with van der Waals surface area (Å²) in [4.78, 5) is 0. The SMILES string of the molecule is CN(C)[Si](C)(C)C1/C=C\C=C/C/C=C\1. The summed E-state index contributed by atoms with van der Waals surface area (Å²) in [6.45, 7) is 4.83. The van der Waals surface area contributed by atoms with Crippen LogP contribution in [0.5, 0.6) is 0 Å². The summed E-state index contributed by atoms with van der Waals surface area (Å²) in [5, 5.41) is 0. The predicted octanol–water partition coefficient (Wildman–Crippen LogP) is 3.20. The van der Waals surface area contributed by atoms with Gasteiger partial charge in [0.1, 0.15) is 8.24 Å². The number of rotatable bonds is 2. The van der Waals surface area contributed by atoms with Gasteiger partial charge in [-0.05, 0) is 20.5 Å². The first kappa shape index (κ1) is 11.5. The van der Waals surface area contributed by atoms with Crippen LogP contribution in [0.2, 0.25) is 18.6 Å². The van der Waals surface area contributed by atoms with E-state index in [2.05, 4.69) is 68.2 Å². The lowest BCUT2D eigenvalue weighted by atomic mass is 10.2. The summed E-state index contributed by atoms with van der Waals surface area (Å²) >= 11 is 0. The van der Waals surface area contributed by atoms with Gasteiger partial charge in [0.15, 0.2) is 0 Å². The second-order valence-corrected chi connectivity index (χ2v) is 9.42. The summed E-state index contributed by atoms with van der Waals surface area (Å²) in [5.41, 5.74) is 0.627. The highest BCUT2D eigenvalue weighted by Gasteiger charge is 2.30. The zero-order valence-electron chi connectivity index (χ0n) is 9.70. The third-order valence-electron chi connectivity index (χ3n) is 3.15. The molecule has 2 heteroatoms. The molecule has 0 N–H and O–H groups in total. The molecule has 0 radical (unpaired) electrons. The topological polar surface area (TPSA) is 3.24 Å². The van der Waals surface area contributed by atoms with E-state index in [-0.39, 0.29) is 0 Å². The molecule has 0 fully saturated rings. The molecule has 0 amide bonds. The predicted molar refractivity (Wildman–Crippen MR) is 67.0 cm³/mol. The summed E-state index contributed by atoms with van der Waals surface area (Å²) in [5.74, 6) is 0. The minimum atomic E-state index is -1.31. The monoisotopic (exact) mass is 207 g/mol. The van der Waals surface area contributed by atoms with E-state index in [1.54, 1.807) is 0 Å². The van der Waals surface area contributed by atoms with Crippen molar-refractivity contribution in [2.45, 2.75) is 25.1 Å². The van der Waals surface area contributed by atoms with Gasteiger partial charge in [0.05, 0.1) is 0 Å². The average molecular weight is 207 g/mol. The van der Waals surface area contributed by atoms with E-state index in [9.17, 15) is 0 Å². The van der Waals surface area contributed by atoms with E-state index in [0.29, 0.717) is 5.54 Å². The Morgan fingerprint density at radius 2 is 1.79 bits per heavy atom. The van der Waals surface area contributed by atoms with Crippen LogP contribution in [0.1, 0.15) is 6.42 Å². The highest BCUT2D eigenvalue weighted by molar-refractivity contribution is 6.77. The largest absolute Gasteiger partial charge is 0.329 e. The van der Waals surface area contributed by atoms with Crippen molar-refractivity contribution in [2.75, 3.05) is 14.1 Å². The molecule has 0 aromatic carbocycles. The molecule has 78 valence electrons. The highest BCUT2D eigenvalue weighted by Crippen LogP contribution is 2.27. The molecule has 0 aromatic rings. The van der Waals surface area contributed by atoms with E-state index < -0.39 is 8.24 Å². The smallest absolute Gasteiger partial charge is 0.132 e. The Balaban J connectivity index is 2.85. The number of nitrogens with zero attached hydrogens (tertiary/aromatic N) is 1. The van der Waals surface area contributed by atoms with Crippen LogP contribution in [-0.2, 0) is 0 Å². The van der Waals surface area contributed by atoms with E-state index in [0.717, 1.165) is 6.42 Å². The lowest BCUT2D eigenvalue weighted by Gasteiger charge is -2.35. The fourth-order valence-corrected chi connectivity index (χ4v) is 3.26. The number of allylic oxidation sites excluding steroid dienone is 6. The lowest BCUT2D eigenvalue weighted by Crippen LogP contribution is -2.46. The van der Waals surface area contributed by atoms with Gasteiger partial charge in [0, 0.05) is 5.54 Å². The first-order chi connectivity index (χ1) is 6.55. The zero-order valence-corrected chi connectivity index (χ0v) is 10.7. The Labute approximate surface area is 88.9 Å². The van der Waals surface area contributed by atoms with Gasteiger partial charge in [-0.1, -0.05) is 49.6 Å². The van der Waals surface area contributed by atoms with Crippen molar-refractivity contribution in [3.8, 4) is 0 Å². The fraction of sp³-hybridized carbons (Fsp3) is 0.500. The third kappa shape index (κ3) is 2.69. The first-order valence-electron chi connectivity index (χ1n) is 5.22. The second-order valence-electron chi connectivity index (χ2n) is 4.55. The zero-order chi connectivity index (χ0) is 10.6. The van der Waals surface area contributed by atoms with E-state index in [1.807, 2.05) is 0 Å². The average Bonchev–Trinajstić information content (AvgIpc) is 2.01. The van der Waals surface area contributed by atoms with Crippen LogP contribution in [0, 0.1) is 0 Å². The Bertz CT molecular complexity index is 261. The van der Waals surface area contributed by atoms with E-state index in [4.69, 9.17) is 0 Å². The second kappa shape index (κ2) is 4.76. The Hall–Kier alpha value is -0.603. The van der Waals surface area contributed by atoms with Crippen LogP contribution in [0.15, 0.2) is 36.5 Å². The van der Waals surface area contributed by atoms with Crippen LogP contribution >= 0.6 is 0 Å². The van der Waals surface area contributed by atoms with Gasteiger partial charge in [-0.15, -0.1) is 0 Å². The van der Waals surface area contributed by atoms with Crippen molar-refractivity contribution >= 4 is 8.24 Å². The molecule has 1 aliphatic rings. The van der Waals surface area contributed by atoms with Crippen LogP contribution in [-0.4, -0.2) is 26.9 Å². The molecule has 1 atom stereocenters. The number of hydrogen-bond acceptors (Lipinski definition) is 1. The summed E-state index contributed by atoms with van der Waals surface area (Å²) in [7, 11) is 3.09. The van der Waals surface area contributed by atoms with Crippen LogP contribution in [0.4, 0.5) is 0 Å². The van der Waals surface area contributed by atoms with E-state index >= 15 is 0 Å². The molecule has 14 heavy (non-hydrogen) atoms. The molecule has 1 nitrogen and oxygen atoms in total. The minimum absolute atomic E-state index is 0.627. The molecule has 0 saturated heterocycles. The molecule has 1 rings (SSSR count). The van der Waals surface area contributed by atoms with Gasteiger partial charge in [-0.3, -0.25) is 0 Å². The standard InChI is InChI=1S/C12H21NSi/c1-13(2)14(3,4)12-10-8-6-5-7-9-11-12/h5-6,8-12H,7H2,1-4H3/b6-5-,10-8-,11-9-. The van der Waals surface area contributed by atoms with Gasteiger partial charge in [-0.25, -0.2) is 0 Å². The third-order valence-corrected chi connectivity index (χ3v) is 7.47. The van der Waals surface area contributed by atoms with E-state index in [1.165, 1.54) is 0 Å². The van der Waals surface area contributed by atoms with Crippen molar-refractivity contribution in [3.05, 3.63) is 36.5 Å². The highest BCUT2D eigenvalue weighted by atomic mass is 28.3. The van der Waals surface area contributed by atoms with Crippen molar-refractivity contribution in [1.29, 1.82) is 0 Å². The summed E-state index contributed by atoms with van der Waals surface area (Å²) in [6.07, 6.45) is 14.6. The molecular formula is C12H21NSi. The summed E-state index contributed by atoms with van der Waals surface area (Å²) < 4.78 is 2.41. The first-order valence-corrected chi connectivity index (χ1v) is 8.25. The molecule has 1 unspecified atom stereocenters. The molecule has 0 saturated carbocycles. The van der Waals surface area contributed by atoms with Crippen LogP contribution in [0.25, 0.3) is 0 Å². The van der Waals surface area contributed by atoms with Gasteiger partial charge in [0.25, 0.3) is 0 Å². The van der Waals surface area contributed by atoms with Crippen LogP contribution in [0.3, 0.4) is 0 Å². The molecule has 0 aliphatic heterocycles.